The van der Waals surface area contributed by atoms with E-state index in [1.165, 1.54) is 97.6 Å². The highest BCUT2D eigenvalue weighted by Crippen LogP contribution is 2.67. The number of phenolic OH excluding ortho intramolecular Hbond substituents is 2. The molecule has 2 saturated carbocycles. The standard InChI is InChI=1S/C105H97N3O29/c1-51-34-62(35-74(122-8)88(51)111)80-64-38-70-72(130-49-128-70)40-66(64)86(68-46-125-99(118)82(68)80)106-44-55-26-30-60(31-27-55)96(115)134-78-42-79-104(48-127-79,137-54(4)110)92-94(136-98(117)59-24-18-13-19-25-59)105(121)43-77(52(2)84(102(105,5)6)90(132-53(3)109)93(113)103(78,92)7)133-101(120)91(85(57-20-14-11-15-21-57)108-95(114)58-22-16-12-17-23-58)135-97(116)61-32-28-56(29-33-61)45-107-87-67-41-73-71(129-50-131-73)39-65(67)81(83-69(87)47-126-100(83)119)63-36-75(123-9)89(112)76(37-63)124-10/h11-41,44-45,68-69,77-83,85-87,90-92,94,111-112,121H,42-43,46-50H2,1-10H3,(H,108,114)/t68?,69-,77-,78-,79+,80+,81+,82?,83-,85-,86+,87+,90-,91+,92-,94-,103+,104-,105+/m0/s1. The molecule has 3 saturated heterocycles. The number of Topliss-reactive ketones (excluding diaryl/α,β-unsaturated/α-hetero) is 1. The van der Waals surface area contributed by atoms with E-state index in [0.717, 1.165) is 19.4 Å². The van der Waals surface area contributed by atoms with Crippen molar-refractivity contribution in [3.8, 4) is 51.7 Å². The zero-order chi connectivity index (χ0) is 96.2. The van der Waals surface area contributed by atoms with E-state index >= 15 is 24.0 Å². The number of methoxy groups -OCH3 is 3. The maximum absolute atomic E-state index is 17.3. The van der Waals surface area contributed by atoms with Crippen LogP contribution in [-0.2, 0) is 71.4 Å². The molecule has 5 aliphatic heterocycles. The number of aliphatic imine (C=N–C) groups is 2. The first-order valence-electron chi connectivity index (χ1n) is 44.9. The number of hydrogen-bond donors (Lipinski definition) is 4. The number of ether oxygens (including phenoxy) is 16. The number of aliphatic hydroxyl groups is 1. The van der Waals surface area contributed by atoms with E-state index < -0.39 is 191 Å². The van der Waals surface area contributed by atoms with E-state index in [0.29, 0.717) is 67.5 Å². The first-order valence-corrected chi connectivity index (χ1v) is 44.9. The van der Waals surface area contributed by atoms with Crippen LogP contribution in [0.3, 0.4) is 0 Å². The highest BCUT2D eigenvalue weighted by molar-refractivity contribution is 5.99. The van der Waals surface area contributed by atoms with Crippen molar-refractivity contribution in [2.45, 2.75) is 139 Å². The largest absolute Gasteiger partial charge is 0.504 e. The summed E-state index contributed by atoms with van der Waals surface area (Å²) in [7, 11) is 4.25. The lowest BCUT2D eigenvalue weighted by Crippen LogP contribution is -2.82. The molecule has 137 heavy (non-hydrogen) atoms. The molecule has 0 spiro atoms. The van der Waals surface area contributed by atoms with Gasteiger partial charge in [-0.15, -0.1) is 0 Å². The number of benzene rings is 9. The fourth-order valence-electron chi connectivity index (χ4n) is 22.2. The molecule has 4 N–H and O–H groups in total. The number of phenols is 2. The SMILES string of the molecule is COc1cc([C@@H]2c3cc4c(cc3[C@@H](N=Cc3ccc(C(=O)O[C@H]5C[C@H]6OC[C@@]6(OC(C)=O)[C@H]6[C@H](OC(=O)c7ccccc7)[C@]7(O)C[C@H](OC(=O)[C@H](OC(=O)c8ccc(C=N[C@@H]9c%10cc%11c(cc%10[C@@H](c%10cc(OC)c(O)c(OC)c%10)[C@H]%10C(=O)OC[C@@H]%109)OCO%11)cc8)[C@@H](NC(=O)c8ccccc8)c8ccccc8)C(C)=C([C@H](OC(C)=O)C(=O)[C@]56C)C7(C)C)cc3)C3COC(=O)C32)OCO4)cc(C)c1O. The minimum Gasteiger partial charge on any atom is -0.504 e. The van der Waals surface area contributed by atoms with Gasteiger partial charge >= 0.3 is 47.8 Å². The van der Waals surface area contributed by atoms with Gasteiger partial charge < -0.3 is 96.4 Å². The monoisotopic (exact) mass is 1860 g/mol. The van der Waals surface area contributed by atoms with E-state index in [4.69, 9.17) is 85.8 Å². The van der Waals surface area contributed by atoms with Crippen LogP contribution in [0.15, 0.2) is 209 Å². The minimum absolute atomic E-state index is 0.00500. The summed E-state index contributed by atoms with van der Waals surface area (Å²) in [5, 5.41) is 39.8. The number of carbonyl (C=O) groups excluding carboxylic acids is 10. The number of ketones is 1. The van der Waals surface area contributed by atoms with Gasteiger partial charge in [0.05, 0.1) is 93.1 Å². The number of fused-ring (bicyclic) bond motifs is 11. The smallest absolute Gasteiger partial charge is 0.350 e. The van der Waals surface area contributed by atoms with Crippen LogP contribution >= 0.6 is 0 Å². The Kier molecular flexibility index (Phi) is 23.8. The molecule has 5 heterocycles. The average molecular weight is 1860 g/mol. The van der Waals surface area contributed by atoms with Crippen molar-refractivity contribution in [3.63, 3.8) is 0 Å². The Bertz CT molecular complexity index is 6470. The number of amides is 1. The summed E-state index contributed by atoms with van der Waals surface area (Å²) in [6.45, 7) is 9.22. The van der Waals surface area contributed by atoms with Crippen LogP contribution < -0.4 is 38.5 Å². The Morgan fingerprint density at radius 2 is 1.01 bits per heavy atom. The summed E-state index contributed by atoms with van der Waals surface area (Å²) in [6, 6.07) is 47.0. The Hall–Kier alpha value is -14.9. The van der Waals surface area contributed by atoms with Gasteiger partial charge in [0.15, 0.2) is 63.5 Å². The Morgan fingerprint density at radius 3 is 1.50 bits per heavy atom. The van der Waals surface area contributed by atoms with Gasteiger partial charge in [0.2, 0.25) is 25.4 Å². The molecule has 19 atom stereocenters. The molecule has 9 aromatic rings. The highest BCUT2D eigenvalue weighted by atomic mass is 16.7. The van der Waals surface area contributed by atoms with Crippen molar-refractivity contribution in [2.24, 2.45) is 50.4 Å². The second-order valence-electron chi connectivity index (χ2n) is 36.7. The number of carbonyl (C=O) groups is 10. The second kappa shape index (κ2) is 35.7. The molecule has 19 rings (SSSR count). The van der Waals surface area contributed by atoms with Gasteiger partial charge in [-0.1, -0.05) is 111 Å². The van der Waals surface area contributed by atoms with Crippen LogP contribution in [0.5, 0.6) is 51.7 Å². The molecule has 2 unspecified atom stereocenters. The summed E-state index contributed by atoms with van der Waals surface area (Å²) in [6.07, 6.45) is -9.17. The van der Waals surface area contributed by atoms with Crippen molar-refractivity contribution in [1.82, 2.24) is 5.32 Å². The molecular weight excluding hydrogens is 1770 g/mol. The molecule has 9 aromatic carbocycles. The molecule has 10 aliphatic rings. The first kappa shape index (κ1) is 91.2. The fraction of sp³-hybridized carbons (Fsp3) is 0.352. The van der Waals surface area contributed by atoms with Crippen molar-refractivity contribution in [1.29, 1.82) is 0 Å². The van der Waals surface area contributed by atoms with Gasteiger partial charge in [-0.05, 0) is 179 Å². The lowest BCUT2D eigenvalue weighted by molar-refractivity contribution is -0.345. The Labute approximate surface area is 785 Å². The lowest BCUT2D eigenvalue weighted by atomic mass is 9.44. The summed E-state index contributed by atoms with van der Waals surface area (Å²) in [5.74, 6) is -12.9. The van der Waals surface area contributed by atoms with E-state index in [-0.39, 0.29) is 101 Å². The minimum atomic E-state index is -2.71. The molecule has 0 radical (unpaired) electrons. The summed E-state index contributed by atoms with van der Waals surface area (Å²) in [4.78, 5) is 161. The fourth-order valence-corrected chi connectivity index (χ4v) is 22.2. The van der Waals surface area contributed by atoms with E-state index in [9.17, 15) is 39.3 Å². The molecule has 1 amide bonds. The molecule has 32 heteroatoms. The highest BCUT2D eigenvalue weighted by Gasteiger charge is 2.79. The number of hydrogen-bond acceptors (Lipinski definition) is 31. The summed E-state index contributed by atoms with van der Waals surface area (Å²) >= 11 is 0. The van der Waals surface area contributed by atoms with Crippen LogP contribution in [0.2, 0.25) is 0 Å². The third-order valence-electron chi connectivity index (χ3n) is 29.0. The molecule has 32 nitrogen and oxygen atoms in total. The van der Waals surface area contributed by atoms with Gasteiger partial charge in [0, 0.05) is 73.8 Å². The van der Waals surface area contributed by atoms with Gasteiger partial charge in [0.25, 0.3) is 5.91 Å². The van der Waals surface area contributed by atoms with E-state index in [1.54, 1.807) is 135 Å². The van der Waals surface area contributed by atoms with Crippen LogP contribution in [0.1, 0.15) is 181 Å². The number of aryl methyl sites for hydroxylation is 1. The quantitative estimate of drug-likeness (QED) is 0.0200. The number of nitrogens with one attached hydrogen (secondary N) is 1. The average Bonchev–Trinajstić information content (AvgIpc) is 1.33. The summed E-state index contributed by atoms with van der Waals surface area (Å²) in [5.41, 5.74) is -3.61. The molecule has 5 fully saturated rings. The third-order valence-corrected chi connectivity index (χ3v) is 29.0. The van der Waals surface area contributed by atoms with Gasteiger partial charge in [-0.25, -0.2) is 19.2 Å². The number of nitrogens with zero attached hydrogens (tertiary/aromatic N) is 2. The molecule has 706 valence electrons. The predicted molar refractivity (Wildman–Crippen MR) is 483 cm³/mol. The predicted octanol–water partition coefficient (Wildman–Crippen LogP) is 12.9. The summed E-state index contributed by atoms with van der Waals surface area (Å²) < 4.78 is 97.8. The van der Waals surface area contributed by atoms with E-state index in [2.05, 4.69) is 5.32 Å². The van der Waals surface area contributed by atoms with Crippen LogP contribution in [0.4, 0.5) is 0 Å². The van der Waals surface area contributed by atoms with Crippen molar-refractivity contribution in [3.05, 3.63) is 277 Å². The normalized spacial score (nSPS) is 27.4. The van der Waals surface area contributed by atoms with Gasteiger partial charge in [-0.2, -0.15) is 0 Å². The Morgan fingerprint density at radius 1 is 0.533 bits per heavy atom. The zero-order valence-electron chi connectivity index (χ0n) is 76.1. The number of esters is 8. The topological polar surface area (TPSA) is 416 Å². The zero-order valence-corrected chi connectivity index (χ0v) is 76.1. The van der Waals surface area contributed by atoms with Gasteiger partial charge in [-0.3, -0.25) is 38.8 Å². The molecule has 5 aliphatic carbocycles. The number of cyclic esters (lactones) is 2. The maximum Gasteiger partial charge on any atom is 0.350 e. The van der Waals surface area contributed by atoms with E-state index in [1.807, 2.05) is 24.3 Å². The van der Waals surface area contributed by atoms with Crippen molar-refractivity contribution >= 4 is 71.9 Å². The number of rotatable bonds is 23. The lowest BCUT2D eigenvalue weighted by Gasteiger charge is -2.67. The maximum atomic E-state index is 17.3. The Balaban J connectivity index is 0.664. The number of aromatic hydroxyl groups is 2. The van der Waals surface area contributed by atoms with Crippen LogP contribution in [0.25, 0.3) is 0 Å². The molecular formula is C105H97N3O29. The van der Waals surface area contributed by atoms with Crippen LogP contribution in [-0.4, -0.2) is 190 Å². The third kappa shape index (κ3) is 15.8. The van der Waals surface area contributed by atoms with Gasteiger partial charge in [0.1, 0.15) is 36.1 Å². The first-order chi connectivity index (χ1) is 65.8. The van der Waals surface area contributed by atoms with Crippen molar-refractivity contribution < 1.29 is 139 Å². The molecule has 0 aromatic heterocycles. The van der Waals surface area contributed by atoms with Crippen molar-refractivity contribution in [2.75, 3.05) is 54.7 Å². The second-order valence-corrected chi connectivity index (χ2v) is 36.7. The van der Waals surface area contributed by atoms with Crippen LogP contribution in [0, 0.1) is 47.3 Å². The molecule has 2 bridgehead atoms.